The third kappa shape index (κ3) is 3.87. The summed E-state index contributed by atoms with van der Waals surface area (Å²) >= 11 is 0. The first-order valence-corrected chi connectivity index (χ1v) is 5.55. The van der Waals surface area contributed by atoms with E-state index < -0.39 is 0 Å². The zero-order valence-corrected chi connectivity index (χ0v) is 10.0. The van der Waals surface area contributed by atoms with Gasteiger partial charge in [0.1, 0.15) is 5.82 Å². The fourth-order valence-electron chi connectivity index (χ4n) is 1.44. The minimum Gasteiger partial charge on any atom is -0.380 e. The Labute approximate surface area is 96.0 Å². The normalized spacial score (nSPS) is 14.8. The summed E-state index contributed by atoms with van der Waals surface area (Å²) in [6.07, 6.45) is 2.32. The lowest BCUT2D eigenvalue weighted by atomic mass is 10.1. The largest absolute Gasteiger partial charge is 0.380 e. The van der Waals surface area contributed by atoms with Gasteiger partial charge in [-0.3, -0.25) is 4.98 Å². The van der Waals surface area contributed by atoms with Crippen LogP contribution in [0.3, 0.4) is 0 Å². The average Bonchev–Trinajstić information content (AvgIpc) is 2.31. The second-order valence-corrected chi connectivity index (χ2v) is 3.82. The van der Waals surface area contributed by atoms with Crippen LogP contribution in [0.25, 0.3) is 0 Å². The number of aromatic nitrogens is 1. The topological polar surface area (TPSA) is 34.1 Å². The van der Waals surface area contributed by atoms with Gasteiger partial charge in [0, 0.05) is 19.7 Å². The monoisotopic (exact) mass is 226 g/mol. The predicted molar refractivity (Wildman–Crippen MR) is 61.7 cm³/mol. The van der Waals surface area contributed by atoms with Crippen LogP contribution in [0, 0.1) is 5.82 Å². The third-order valence-electron chi connectivity index (χ3n) is 2.57. The van der Waals surface area contributed by atoms with Gasteiger partial charge in [0.2, 0.25) is 0 Å². The van der Waals surface area contributed by atoms with Gasteiger partial charge in [-0.2, -0.15) is 0 Å². The predicted octanol–water partition coefficient (Wildman–Crippen LogP) is 2.30. The number of ether oxygens (including phenoxy) is 1. The molecule has 0 saturated heterocycles. The second-order valence-electron chi connectivity index (χ2n) is 3.82. The summed E-state index contributed by atoms with van der Waals surface area (Å²) in [5, 5.41) is 3.35. The van der Waals surface area contributed by atoms with Crippen molar-refractivity contribution in [3.8, 4) is 0 Å². The summed E-state index contributed by atoms with van der Waals surface area (Å²) in [7, 11) is 1.68. The number of methoxy groups -OCH3 is 1. The van der Waals surface area contributed by atoms with E-state index in [9.17, 15) is 4.39 Å². The Balaban J connectivity index is 2.57. The molecule has 3 nitrogen and oxygen atoms in total. The van der Waals surface area contributed by atoms with Crippen molar-refractivity contribution in [3.05, 3.63) is 29.8 Å². The van der Waals surface area contributed by atoms with Crippen LogP contribution in [0.15, 0.2) is 18.3 Å². The van der Waals surface area contributed by atoms with E-state index in [1.807, 2.05) is 6.92 Å². The van der Waals surface area contributed by atoms with E-state index in [0.717, 1.165) is 18.7 Å². The molecule has 0 spiro atoms. The number of pyridine rings is 1. The maximum absolute atomic E-state index is 12.7. The van der Waals surface area contributed by atoms with Gasteiger partial charge in [0.15, 0.2) is 0 Å². The van der Waals surface area contributed by atoms with Crippen molar-refractivity contribution in [2.45, 2.75) is 32.4 Å². The van der Waals surface area contributed by atoms with Crippen molar-refractivity contribution in [2.75, 3.05) is 13.7 Å². The van der Waals surface area contributed by atoms with Gasteiger partial charge in [-0.1, -0.05) is 6.92 Å². The first-order chi connectivity index (χ1) is 7.67. The minimum atomic E-state index is -0.302. The smallest absolute Gasteiger partial charge is 0.141 e. The third-order valence-corrected chi connectivity index (χ3v) is 2.57. The highest BCUT2D eigenvalue weighted by atomic mass is 19.1. The van der Waals surface area contributed by atoms with Crippen LogP contribution < -0.4 is 5.32 Å². The molecule has 1 rings (SSSR count). The molecule has 0 radical (unpaired) electrons. The van der Waals surface area contributed by atoms with Crippen LogP contribution in [0.5, 0.6) is 0 Å². The summed E-state index contributed by atoms with van der Waals surface area (Å²) < 4.78 is 17.9. The molecule has 1 aromatic heterocycles. The number of hydrogen-bond acceptors (Lipinski definition) is 3. The molecule has 0 aliphatic heterocycles. The molecule has 2 unspecified atom stereocenters. The molecule has 2 atom stereocenters. The van der Waals surface area contributed by atoms with Crippen molar-refractivity contribution < 1.29 is 9.13 Å². The molecule has 0 amide bonds. The molecule has 0 aromatic carbocycles. The molecule has 0 aliphatic rings. The first kappa shape index (κ1) is 13.1. The van der Waals surface area contributed by atoms with Crippen LogP contribution >= 0.6 is 0 Å². The Bertz CT molecular complexity index is 302. The van der Waals surface area contributed by atoms with Crippen LogP contribution in [-0.4, -0.2) is 24.7 Å². The van der Waals surface area contributed by atoms with E-state index in [2.05, 4.69) is 17.2 Å². The van der Waals surface area contributed by atoms with Gasteiger partial charge in [0.25, 0.3) is 0 Å². The lowest BCUT2D eigenvalue weighted by Gasteiger charge is -2.18. The highest BCUT2D eigenvalue weighted by Gasteiger charge is 2.11. The Hall–Kier alpha value is -1.00. The number of hydrogen-bond donors (Lipinski definition) is 1. The molecule has 90 valence electrons. The SMILES string of the molecule is CCC(NCC(C)OC)c1ccc(F)cn1. The summed E-state index contributed by atoms with van der Waals surface area (Å²) in [5.41, 5.74) is 0.868. The maximum Gasteiger partial charge on any atom is 0.141 e. The van der Waals surface area contributed by atoms with E-state index in [0.29, 0.717) is 0 Å². The fraction of sp³-hybridized carbons (Fsp3) is 0.583. The Morgan fingerprint density at radius 3 is 2.75 bits per heavy atom. The summed E-state index contributed by atoms with van der Waals surface area (Å²) in [6.45, 7) is 4.83. The van der Waals surface area contributed by atoms with Gasteiger partial charge < -0.3 is 10.1 Å². The van der Waals surface area contributed by atoms with E-state index in [4.69, 9.17) is 4.74 Å². The lowest BCUT2D eigenvalue weighted by Crippen LogP contribution is -2.30. The lowest BCUT2D eigenvalue weighted by molar-refractivity contribution is 0.114. The van der Waals surface area contributed by atoms with Crippen molar-refractivity contribution in [1.29, 1.82) is 0 Å². The van der Waals surface area contributed by atoms with Crippen molar-refractivity contribution in [2.24, 2.45) is 0 Å². The van der Waals surface area contributed by atoms with Crippen molar-refractivity contribution >= 4 is 0 Å². The minimum absolute atomic E-state index is 0.151. The molecule has 4 heteroatoms. The number of nitrogens with zero attached hydrogens (tertiary/aromatic N) is 1. The van der Waals surface area contributed by atoms with Gasteiger partial charge >= 0.3 is 0 Å². The first-order valence-electron chi connectivity index (χ1n) is 5.55. The molecule has 0 fully saturated rings. The molecule has 1 N–H and O–H groups in total. The molecule has 0 saturated carbocycles. The van der Waals surface area contributed by atoms with Crippen LogP contribution in [0.2, 0.25) is 0 Å². The molecular formula is C12H19FN2O. The van der Waals surface area contributed by atoms with Crippen molar-refractivity contribution in [3.63, 3.8) is 0 Å². The quantitative estimate of drug-likeness (QED) is 0.808. The van der Waals surface area contributed by atoms with Crippen LogP contribution in [-0.2, 0) is 4.74 Å². The molecule has 1 aromatic rings. The number of rotatable bonds is 6. The Kier molecular flexibility index (Phi) is 5.35. The average molecular weight is 226 g/mol. The van der Waals surface area contributed by atoms with E-state index in [1.165, 1.54) is 12.3 Å². The summed E-state index contributed by atoms with van der Waals surface area (Å²) in [6, 6.07) is 3.30. The number of nitrogens with one attached hydrogen (secondary N) is 1. The Morgan fingerprint density at radius 1 is 1.50 bits per heavy atom. The van der Waals surface area contributed by atoms with Gasteiger partial charge in [-0.05, 0) is 25.5 Å². The van der Waals surface area contributed by atoms with Gasteiger partial charge in [-0.15, -0.1) is 0 Å². The van der Waals surface area contributed by atoms with E-state index in [1.54, 1.807) is 13.2 Å². The zero-order chi connectivity index (χ0) is 12.0. The second kappa shape index (κ2) is 6.55. The molecule has 0 bridgehead atoms. The summed E-state index contributed by atoms with van der Waals surface area (Å²) in [5.74, 6) is -0.302. The van der Waals surface area contributed by atoms with E-state index >= 15 is 0 Å². The standard InChI is InChI=1S/C12H19FN2O/c1-4-11(14-7-9(2)16-3)12-6-5-10(13)8-15-12/h5-6,8-9,11,14H,4,7H2,1-3H3. The molecule has 0 aliphatic carbocycles. The van der Waals surface area contributed by atoms with Crippen LogP contribution in [0.1, 0.15) is 32.0 Å². The maximum atomic E-state index is 12.7. The van der Waals surface area contributed by atoms with Crippen LogP contribution in [0.4, 0.5) is 4.39 Å². The number of halogens is 1. The van der Waals surface area contributed by atoms with Crippen molar-refractivity contribution in [1.82, 2.24) is 10.3 Å². The Morgan fingerprint density at radius 2 is 2.25 bits per heavy atom. The van der Waals surface area contributed by atoms with Gasteiger partial charge in [-0.25, -0.2) is 4.39 Å². The highest BCUT2D eigenvalue weighted by molar-refractivity contribution is 5.09. The van der Waals surface area contributed by atoms with E-state index in [-0.39, 0.29) is 18.0 Å². The molecule has 16 heavy (non-hydrogen) atoms. The fourth-order valence-corrected chi connectivity index (χ4v) is 1.44. The molecule has 1 heterocycles. The zero-order valence-electron chi connectivity index (χ0n) is 10.0. The summed E-state index contributed by atoms with van der Waals surface area (Å²) in [4.78, 5) is 4.07. The van der Waals surface area contributed by atoms with Gasteiger partial charge in [0.05, 0.1) is 18.0 Å². The highest BCUT2D eigenvalue weighted by Crippen LogP contribution is 2.14. The molecular weight excluding hydrogens is 207 g/mol.